The van der Waals surface area contributed by atoms with Gasteiger partial charge < -0.3 is 9.32 Å². The molecule has 12 rings (SSSR count). The lowest BCUT2D eigenvalue weighted by Crippen LogP contribution is -2.15. The maximum absolute atomic E-state index is 6.28. The molecule has 0 N–H and O–H groups in total. The van der Waals surface area contributed by atoms with Crippen molar-refractivity contribution in [3.8, 4) is 55.6 Å². The summed E-state index contributed by atoms with van der Waals surface area (Å²) in [5.41, 5.74) is 22.8. The van der Waals surface area contributed by atoms with E-state index in [9.17, 15) is 0 Å². The van der Waals surface area contributed by atoms with E-state index in [-0.39, 0.29) is 10.8 Å². The predicted octanol–water partition coefficient (Wildman–Crippen LogP) is 16.7. The fraction of sp³-hybridized carbons (Fsp3) is 0.100. The van der Waals surface area contributed by atoms with Crippen LogP contribution in [0.15, 0.2) is 205 Å². The maximum Gasteiger partial charge on any atom is 0.136 e. The van der Waals surface area contributed by atoms with E-state index in [1.165, 1.54) is 66.8 Å². The molecule has 1 heterocycles. The Balaban J connectivity index is 1.01. The van der Waals surface area contributed by atoms with Gasteiger partial charge in [0.15, 0.2) is 0 Å². The summed E-state index contributed by atoms with van der Waals surface area (Å²) in [6.45, 7) is 9.46. The molecule has 2 aliphatic carbocycles. The highest BCUT2D eigenvalue weighted by Crippen LogP contribution is 2.52. The molecule has 0 bridgehead atoms. The molecule has 0 spiro atoms. The van der Waals surface area contributed by atoms with Gasteiger partial charge in [0.1, 0.15) is 11.2 Å². The number of para-hydroxylation sites is 2. The van der Waals surface area contributed by atoms with Crippen molar-refractivity contribution in [2.75, 3.05) is 4.90 Å². The maximum atomic E-state index is 6.28. The average Bonchev–Trinajstić information content (AvgIpc) is 3.88. The molecule has 2 heteroatoms. The lowest BCUT2D eigenvalue weighted by atomic mass is 9.81. The third-order valence-corrected chi connectivity index (χ3v) is 13.9. The SMILES string of the molecule is CC1(C)c2ccccc2-c2ccc(-c3cc(-c4ccc5c(c4)C(C)(C)c4ccccc4-5)cc(N(c4ccccc4)c4ccc(-c5ccc6c(c5)oc5ccccc56)cc4)c3)cc21. The average molecular weight is 796 g/mol. The molecule has 62 heavy (non-hydrogen) atoms. The van der Waals surface area contributed by atoms with Crippen molar-refractivity contribution in [2.24, 2.45) is 0 Å². The Labute approximate surface area is 363 Å². The third-order valence-electron chi connectivity index (χ3n) is 13.9. The highest BCUT2D eigenvalue weighted by Gasteiger charge is 2.36. The number of benzene rings is 9. The van der Waals surface area contributed by atoms with Gasteiger partial charge in [-0.05, 0) is 151 Å². The minimum atomic E-state index is -0.101. The van der Waals surface area contributed by atoms with E-state index < -0.39 is 0 Å². The molecular formula is C60H45NO. The van der Waals surface area contributed by atoms with Crippen molar-refractivity contribution < 1.29 is 4.42 Å². The van der Waals surface area contributed by atoms with Gasteiger partial charge in [-0.1, -0.05) is 155 Å². The fourth-order valence-electron chi connectivity index (χ4n) is 10.6. The van der Waals surface area contributed by atoms with E-state index in [1.807, 2.05) is 12.1 Å². The first-order valence-corrected chi connectivity index (χ1v) is 21.7. The Morgan fingerprint density at radius 2 is 0.774 bits per heavy atom. The van der Waals surface area contributed by atoms with Gasteiger partial charge >= 0.3 is 0 Å². The van der Waals surface area contributed by atoms with E-state index in [0.717, 1.165) is 50.1 Å². The third kappa shape index (κ3) is 5.56. The topological polar surface area (TPSA) is 16.4 Å². The summed E-state index contributed by atoms with van der Waals surface area (Å²) in [5.74, 6) is 0. The van der Waals surface area contributed by atoms with Crippen molar-refractivity contribution in [3.63, 3.8) is 0 Å². The van der Waals surface area contributed by atoms with E-state index in [1.54, 1.807) is 0 Å². The monoisotopic (exact) mass is 795 g/mol. The summed E-state index contributed by atoms with van der Waals surface area (Å²) in [7, 11) is 0. The molecule has 0 amide bonds. The first-order valence-electron chi connectivity index (χ1n) is 21.7. The predicted molar refractivity (Wildman–Crippen MR) is 260 cm³/mol. The van der Waals surface area contributed by atoms with Gasteiger partial charge in [-0.15, -0.1) is 0 Å². The molecule has 0 fully saturated rings. The second-order valence-electron chi connectivity index (χ2n) is 18.2. The summed E-state index contributed by atoms with van der Waals surface area (Å²) < 4.78 is 6.28. The number of rotatable bonds is 6. The summed E-state index contributed by atoms with van der Waals surface area (Å²) in [6, 6.07) is 73.7. The van der Waals surface area contributed by atoms with E-state index in [4.69, 9.17) is 4.42 Å². The second kappa shape index (κ2) is 13.5. The van der Waals surface area contributed by atoms with E-state index in [2.05, 4.69) is 221 Å². The van der Waals surface area contributed by atoms with Crippen LogP contribution in [0.1, 0.15) is 49.9 Å². The second-order valence-corrected chi connectivity index (χ2v) is 18.2. The zero-order chi connectivity index (χ0) is 41.7. The van der Waals surface area contributed by atoms with Crippen LogP contribution in [-0.4, -0.2) is 0 Å². The van der Waals surface area contributed by atoms with Gasteiger partial charge in [0.25, 0.3) is 0 Å². The number of fused-ring (bicyclic) bond motifs is 9. The number of nitrogens with zero attached hydrogens (tertiary/aromatic N) is 1. The van der Waals surface area contributed by atoms with Crippen LogP contribution in [0.2, 0.25) is 0 Å². The van der Waals surface area contributed by atoms with Gasteiger partial charge in [0.2, 0.25) is 0 Å². The molecule has 10 aromatic rings. The molecule has 0 unspecified atom stereocenters. The Hall–Kier alpha value is -7.42. The summed E-state index contributed by atoms with van der Waals surface area (Å²) in [6.07, 6.45) is 0. The van der Waals surface area contributed by atoms with Crippen molar-refractivity contribution in [2.45, 2.75) is 38.5 Å². The Bertz CT molecular complexity index is 3280. The Kier molecular flexibility index (Phi) is 7.96. The van der Waals surface area contributed by atoms with Crippen LogP contribution in [0.3, 0.4) is 0 Å². The number of hydrogen-bond donors (Lipinski definition) is 0. The molecule has 1 aromatic heterocycles. The normalized spacial score (nSPS) is 14.1. The van der Waals surface area contributed by atoms with Gasteiger partial charge in [-0.2, -0.15) is 0 Å². The molecule has 0 radical (unpaired) electrons. The van der Waals surface area contributed by atoms with Crippen LogP contribution >= 0.6 is 0 Å². The molecule has 296 valence electrons. The molecular weight excluding hydrogens is 751 g/mol. The summed E-state index contributed by atoms with van der Waals surface area (Å²) in [4.78, 5) is 2.40. The minimum Gasteiger partial charge on any atom is -0.456 e. The first-order chi connectivity index (χ1) is 30.2. The fourth-order valence-corrected chi connectivity index (χ4v) is 10.6. The van der Waals surface area contributed by atoms with Gasteiger partial charge in [0, 0.05) is 38.7 Å². The van der Waals surface area contributed by atoms with Crippen molar-refractivity contribution >= 4 is 39.0 Å². The molecule has 9 aromatic carbocycles. The van der Waals surface area contributed by atoms with Crippen LogP contribution in [-0.2, 0) is 10.8 Å². The quantitative estimate of drug-likeness (QED) is 0.167. The van der Waals surface area contributed by atoms with Crippen molar-refractivity contribution in [3.05, 3.63) is 222 Å². The Morgan fingerprint density at radius 3 is 1.40 bits per heavy atom. The lowest BCUT2D eigenvalue weighted by molar-refractivity contribution is 0.660. The largest absolute Gasteiger partial charge is 0.456 e. The molecule has 0 aliphatic heterocycles. The zero-order valence-electron chi connectivity index (χ0n) is 35.4. The zero-order valence-corrected chi connectivity index (χ0v) is 35.4. The van der Waals surface area contributed by atoms with Gasteiger partial charge in [0.05, 0.1) is 0 Å². The smallest absolute Gasteiger partial charge is 0.136 e. The standard InChI is InChI=1S/C60H45NO/c1-59(2)53-19-11-8-16-47(53)49-29-24-39(35-55(49)59)42-32-43(40-25-30-50-48-17-9-12-20-54(48)60(3,4)56(50)36-40)34-46(33-42)61(44-14-6-5-7-15-44)45-27-22-38(23-28-45)41-26-31-52-51-18-10-13-21-57(51)62-58(52)37-41/h5-37H,1-4H3. The number of anilines is 3. The molecule has 0 saturated carbocycles. The van der Waals surface area contributed by atoms with Crippen LogP contribution in [0.5, 0.6) is 0 Å². The van der Waals surface area contributed by atoms with Gasteiger partial charge in [-0.3, -0.25) is 0 Å². The van der Waals surface area contributed by atoms with Crippen LogP contribution in [0, 0.1) is 0 Å². The number of hydrogen-bond acceptors (Lipinski definition) is 2. The highest BCUT2D eigenvalue weighted by molar-refractivity contribution is 6.06. The van der Waals surface area contributed by atoms with Crippen molar-refractivity contribution in [1.29, 1.82) is 0 Å². The van der Waals surface area contributed by atoms with Gasteiger partial charge in [-0.25, -0.2) is 0 Å². The van der Waals surface area contributed by atoms with Crippen LogP contribution in [0.4, 0.5) is 17.1 Å². The van der Waals surface area contributed by atoms with Crippen molar-refractivity contribution in [1.82, 2.24) is 0 Å². The first kappa shape index (κ1) is 36.4. The van der Waals surface area contributed by atoms with E-state index >= 15 is 0 Å². The number of furan rings is 1. The highest BCUT2D eigenvalue weighted by atomic mass is 16.3. The molecule has 2 aliphatic rings. The molecule has 0 atom stereocenters. The summed E-state index contributed by atoms with van der Waals surface area (Å²) in [5, 5.41) is 2.28. The minimum absolute atomic E-state index is 0.101. The molecule has 0 saturated heterocycles. The van der Waals surface area contributed by atoms with Crippen LogP contribution < -0.4 is 4.90 Å². The Morgan fingerprint density at radius 1 is 0.306 bits per heavy atom. The van der Waals surface area contributed by atoms with Crippen LogP contribution in [0.25, 0.3) is 77.6 Å². The molecule has 2 nitrogen and oxygen atoms in total. The van der Waals surface area contributed by atoms with E-state index in [0.29, 0.717) is 0 Å². The lowest BCUT2D eigenvalue weighted by Gasteiger charge is -2.27. The summed E-state index contributed by atoms with van der Waals surface area (Å²) >= 11 is 0.